The Bertz CT molecular complexity index is 140. The molecule has 3 heteroatoms. The van der Waals surface area contributed by atoms with E-state index in [0.717, 1.165) is 18.9 Å². The van der Waals surface area contributed by atoms with Crippen molar-refractivity contribution in [3.8, 4) is 0 Å². The highest BCUT2D eigenvalue weighted by atomic mass is 15.2. The number of aliphatic imine (C=N–C) groups is 1. The molecule has 11 heavy (non-hydrogen) atoms. The molecular formula is C8H17N3. The smallest absolute Gasteiger partial charge is 0.120 e. The molecular weight excluding hydrogens is 138 g/mol. The van der Waals surface area contributed by atoms with E-state index in [1.165, 1.54) is 0 Å². The fourth-order valence-electron chi connectivity index (χ4n) is 0.656. The first-order chi connectivity index (χ1) is 5.22. The number of rotatable bonds is 5. The molecule has 0 unspecified atom stereocenters. The van der Waals surface area contributed by atoms with Crippen molar-refractivity contribution in [3.05, 3.63) is 12.4 Å². The van der Waals surface area contributed by atoms with Crippen LogP contribution in [0.5, 0.6) is 0 Å². The average molecular weight is 155 g/mol. The van der Waals surface area contributed by atoms with Gasteiger partial charge in [-0.1, -0.05) is 6.58 Å². The lowest BCUT2D eigenvalue weighted by atomic mass is 10.5. The van der Waals surface area contributed by atoms with Crippen LogP contribution in [-0.2, 0) is 0 Å². The summed E-state index contributed by atoms with van der Waals surface area (Å²) in [5.41, 5.74) is 0. The third-order valence-corrected chi connectivity index (χ3v) is 1.42. The van der Waals surface area contributed by atoms with Gasteiger partial charge < -0.3 is 10.2 Å². The van der Waals surface area contributed by atoms with Crippen LogP contribution in [0.4, 0.5) is 0 Å². The van der Waals surface area contributed by atoms with Crippen LogP contribution in [0, 0.1) is 0 Å². The molecule has 64 valence electrons. The molecule has 0 aromatic heterocycles. The molecule has 0 aromatic rings. The highest BCUT2D eigenvalue weighted by Crippen LogP contribution is 1.96. The van der Waals surface area contributed by atoms with Crippen molar-refractivity contribution in [1.82, 2.24) is 10.2 Å². The molecule has 0 saturated heterocycles. The largest absolute Gasteiger partial charge is 0.359 e. The summed E-state index contributed by atoms with van der Waals surface area (Å²) < 4.78 is 0. The molecule has 0 spiro atoms. The Morgan fingerprint density at radius 1 is 1.73 bits per heavy atom. The van der Waals surface area contributed by atoms with Gasteiger partial charge in [0.05, 0.1) is 0 Å². The molecule has 0 heterocycles. The van der Waals surface area contributed by atoms with E-state index in [4.69, 9.17) is 0 Å². The van der Waals surface area contributed by atoms with E-state index >= 15 is 0 Å². The maximum absolute atomic E-state index is 4.06. The number of likely N-dealkylation sites (N-methyl/N-ethyl adjacent to an activating group) is 2. The minimum atomic E-state index is 0.808. The Labute approximate surface area is 68.8 Å². The number of hydrogen-bond acceptors (Lipinski definition) is 3. The van der Waals surface area contributed by atoms with Gasteiger partial charge in [-0.3, -0.25) is 0 Å². The van der Waals surface area contributed by atoms with E-state index in [1.54, 1.807) is 6.21 Å². The van der Waals surface area contributed by atoms with Gasteiger partial charge in [-0.2, -0.15) is 0 Å². The minimum absolute atomic E-state index is 0.808. The standard InChI is InChI=1S/C8H17N3/c1-5-10-8(2)11(4)7-6-9-3/h5,9H,2,6-7H2,1,3-4H3/b10-5-. The van der Waals surface area contributed by atoms with Gasteiger partial charge in [0.25, 0.3) is 0 Å². The predicted molar refractivity (Wildman–Crippen MR) is 49.9 cm³/mol. The second-order valence-corrected chi connectivity index (χ2v) is 2.33. The molecule has 0 aromatic carbocycles. The highest BCUT2D eigenvalue weighted by Gasteiger charge is 1.96. The molecule has 3 nitrogen and oxygen atoms in total. The lowest BCUT2D eigenvalue weighted by Gasteiger charge is -2.17. The highest BCUT2D eigenvalue weighted by molar-refractivity contribution is 5.54. The van der Waals surface area contributed by atoms with Crippen LogP contribution >= 0.6 is 0 Å². The average Bonchev–Trinajstić information content (AvgIpc) is 2.00. The fourth-order valence-corrected chi connectivity index (χ4v) is 0.656. The van der Waals surface area contributed by atoms with Crippen molar-refractivity contribution in [2.75, 3.05) is 27.2 Å². The van der Waals surface area contributed by atoms with Gasteiger partial charge in [-0.25, -0.2) is 4.99 Å². The Kier molecular flexibility index (Phi) is 5.47. The maximum Gasteiger partial charge on any atom is 0.120 e. The third-order valence-electron chi connectivity index (χ3n) is 1.42. The molecule has 0 radical (unpaired) electrons. The van der Waals surface area contributed by atoms with Crippen molar-refractivity contribution >= 4 is 6.21 Å². The molecule has 0 fully saturated rings. The second-order valence-electron chi connectivity index (χ2n) is 2.33. The van der Waals surface area contributed by atoms with Crippen LogP contribution in [0.3, 0.4) is 0 Å². The maximum atomic E-state index is 4.06. The number of nitrogens with one attached hydrogen (secondary N) is 1. The van der Waals surface area contributed by atoms with Crippen LogP contribution in [0.2, 0.25) is 0 Å². The van der Waals surface area contributed by atoms with Gasteiger partial charge in [-0.05, 0) is 14.0 Å². The van der Waals surface area contributed by atoms with E-state index in [2.05, 4.69) is 16.9 Å². The summed E-state index contributed by atoms with van der Waals surface area (Å²) in [5, 5.41) is 3.06. The fraction of sp³-hybridized carbons (Fsp3) is 0.625. The summed E-state index contributed by atoms with van der Waals surface area (Å²) in [6.07, 6.45) is 1.75. The van der Waals surface area contributed by atoms with Crippen LogP contribution in [-0.4, -0.2) is 38.3 Å². The lowest BCUT2D eigenvalue weighted by molar-refractivity contribution is 0.414. The normalized spacial score (nSPS) is 10.5. The Balaban J connectivity index is 3.64. The molecule has 0 aliphatic heterocycles. The molecule has 0 saturated carbocycles. The zero-order chi connectivity index (χ0) is 8.69. The van der Waals surface area contributed by atoms with Gasteiger partial charge in [0.15, 0.2) is 0 Å². The summed E-state index contributed by atoms with van der Waals surface area (Å²) in [6, 6.07) is 0. The molecule has 1 N–H and O–H groups in total. The molecule has 0 amide bonds. The van der Waals surface area contributed by atoms with E-state index < -0.39 is 0 Å². The van der Waals surface area contributed by atoms with E-state index in [0.29, 0.717) is 0 Å². The Hall–Kier alpha value is -0.830. The SMILES string of the molecule is C=C(/N=C\C)N(C)CCNC. The molecule has 0 bridgehead atoms. The van der Waals surface area contributed by atoms with Crippen molar-refractivity contribution in [2.24, 2.45) is 4.99 Å². The van der Waals surface area contributed by atoms with Crippen LogP contribution in [0.15, 0.2) is 17.4 Å². The lowest BCUT2D eigenvalue weighted by Crippen LogP contribution is -2.25. The summed E-state index contributed by atoms with van der Waals surface area (Å²) in [5.74, 6) is 0.808. The van der Waals surface area contributed by atoms with E-state index in [9.17, 15) is 0 Å². The zero-order valence-electron chi connectivity index (χ0n) is 7.59. The Morgan fingerprint density at radius 3 is 2.82 bits per heavy atom. The van der Waals surface area contributed by atoms with Crippen LogP contribution in [0.1, 0.15) is 6.92 Å². The van der Waals surface area contributed by atoms with Crippen LogP contribution < -0.4 is 5.32 Å². The Morgan fingerprint density at radius 2 is 2.36 bits per heavy atom. The number of nitrogens with zero attached hydrogens (tertiary/aromatic N) is 2. The predicted octanol–water partition coefficient (Wildman–Crippen LogP) is 0.700. The molecule has 0 aliphatic carbocycles. The van der Waals surface area contributed by atoms with Crippen molar-refractivity contribution in [3.63, 3.8) is 0 Å². The van der Waals surface area contributed by atoms with Gasteiger partial charge in [-0.15, -0.1) is 0 Å². The van der Waals surface area contributed by atoms with E-state index in [-0.39, 0.29) is 0 Å². The van der Waals surface area contributed by atoms with Crippen molar-refractivity contribution in [1.29, 1.82) is 0 Å². The summed E-state index contributed by atoms with van der Waals surface area (Å²) in [7, 11) is 3.91. The zero-order valence-corrected chi connectivity index (χ0v) is 7.59. The van der Waals surface area contributed by atoms with Crippen molar-refractivity contribution in [2.45, 2.75) is 6.92 Å². The number of hydrogen-bond donors (Lipinski definition) is 1. The topological polar surface area (TPSA) is 27.6 Å². The molecule has 0 rings (SSSR count). The summed E-state index contributed by atoms with van der Waals surface area (Å²) in [4.78, 5) is 6.07. The molecule has 0 aliphatic rings. The minimum Gasteiger partial charge on any atom is -0.359 e. The van der Waals surface area contributed by atoms with Gasteiger partial charge >= 0.3 is 0 Å². The summed E-state index contributed by atoms with van der Waals surface area (Å²) >= 11 is 0. The summed E-state index contributed by atoms with van der Waals surface area (Å²) in [6.45, 7) is 7.57. The van der Waals surface area contributed by atoms with Gasteiger partial charge in [0, 0.05) is 26.4 Å². The monoisotopic (exact) mass is 155 g/mol. The second kappa shape index (κ2) is 5.92. The quantitative estimate of drug-likeness (QED) is 0.592. The first kappa shape index (κ1) is 10.2. The first-order valence-corrected chi connectivity index (χ1v) is 3.75. The molecule has 0 atom stereocenters. The third kappa shape index (κ3) is 4.56. The van der Waals surface area contributed by atoms with Crippen LogP contribution in [0.25, 0.3) is 0 Å². The first-order valence-electron chi connectivity index (χ1n) is 3.75. The van der Waals surface area contributed by atoms with Crippen molar-refractivity contribution < 1.29 is 0 Å². The van der Waals surface area contributed by atoms with Gasteiger partial charge in [0.2, 0.25) is 0 Å². The van der Waals surface area contributed by atoms with E-state index in [1.807, 2.05) is 25.9 Å². The van der Waals surface area contributed by atoms with Gasteiger partial charge in [0.1, 0.15) is 5.82 Å².